The first-order chi connectivity index (χ1) is 9.88. The van der Waals surface area contributed by atoms with E-state index in [4.69, 9.17) is 11.6 Å². The number of carbonyl (C=O) groups excluding carboxylic acids is 1. The van der Waals surface area contributed by atoms with E-state index in [2.05, 4.69) is 10.9 Å². The smallest absolute Gasteiger partial charge is 0.298 e. The summed E-state index contributed by atoms with van der Waals surface area (Å²) in [4.78, 5) is 11.9. The van der Waals surface area contributed by atoms with Crippen LogP contribution in [0.2, 0.25) is 5.02 Å². The van der Waals surface area contributed by atoms with Crippen LogP contribution in [0, 0.1) is 0 Å². The molecule has 21 heavy (non-hydrogen) atoms. The van der Waals surface area contributed by atoms with E-state index in [0.717, 1.165) is 12.1 Å². The van der Waals surface area contributed by atoms with Crippen LogP contribution in [0.1, 0.15) is 15.9 Å². The van der Waals surface area contributed by atoms with Crippen LogP contribution in [0.4, 0.5) is 18.9 Å². The van der Waals surface area contributed by atoms with Crippen LogP contribution in [0.15, 0.2) is 48.5 Å². The summed E-state index contributed by atoms with van der Waals surface area (Å²) in [6.45, 7) is 0. The minimum absolute atomic E-state index is 0.0599. The first-order valence-corrected chi connectivity index (χ1v) is 6.24. The molecule has 2 aromatic carbocycles. The van der Waals surface area contributed by atoms with Crippen LogP contribution in [0.5, 0.6) is 0 Å². The van der Waals surface area contributed by atoms with Crippen LogP contribution >= 0.6 is 11.6 Å². The van der Waals surface area contributed by atoms with Gasteiger partial charge in [0.25, 0.3) is 5.91 Å². The number of rotatable bonds is 3. The van der Waals surface area contributed by atoms with Crippen molar-refractivity contribution in [1.29, 1.82) is 0 Å². The van der Waals surface area contributed by atoms with Gasteiger partial charge in [0.05, 0.1) is 21.8 Å². The molecule has 110 valence electrons. The maximum Gasteiger partial charge on any atom is 0.416 e. The highest BCUT2D eigenvalue weighted by Gasteiger charge is 2.31. The first kappa shape index (κ1) is 15.2. The summed E-state index contributed by atoms with van der Waals surface area (Å²) >= 11 is 5.77. The van der Waals surface area contributed by atoms with Crippen LogP contribution in [-0.4, -0.2) is 5.91 Å². The van der Waals surface area contributed by atoms with Crippen molar-refractivity contribution >= 4 is 23.2 Å². The lowest BCUT2D eigenvalue weighted by Gasteiger charge is -2.12. The third-order valence-electron chi connectivity index (χ3n) is 2.63. The Bertz CT molecular complexity index is 644. The van der Waals surface area contributed by atoms with E-state index in [1.165, 1.54) is 0 Å². The lowest BCUT2D eigenvalue weighted by atomic mass is 10.1. The summed E-state index contributed by atoms with van der Waals surface area (Å²) in [5, 5.41) is -0.0599. The fourth-order valence-corrected chi connectivity index (χ4v) is 1.80. The maximum atomic E-state index is 12.6. The van der Waals surface area contributed by atoms with Crippen LogP contribution in [0.25, 0.3) is 0 Å². The number of carbonyl (C=O) groups is 1. The van der Waals surface area contributed by atoms with Crippen molar-refractivity contribution in [3.05, 3.63) is 64.7 Å². The number of hydrogen-bond acceptors (Lipinski definition) is 2. The minimum Gasteiger partial charge on any atom is -0.298 e. The lowest BCUT2D eigenvalue weighted by molar-refractivity contribution is -0.137. The van der Waals surface area contributed by atoms with Crippen LogP contribution < -0.4 is 10.9 Å². The normalized spacial score (nSPS) is 11.0. The third kappa shape index (κ3) is 3.88. The van der Waals surface area contributed by atoms with E-state index in [9.17, 15) is 18.0 Å². The summed E-state index contributed by atoms with van der Waals surface area (Å²) in [7, 11) is 0. The molecule has 0 fully saturated rings. The van der Waals surface area contributed by atoms with Gasteiger partial charge in [-0.3, -0.25) is 15.6 Å². The van der Waals surface area contributed by atoms with Gasteiger partial charge >= 0.3 is 6.18 Å². The molecular formula is C14H10ClF3N2O. The Balaban J connectivity index is 2.15. The zero-order valence-corrected chi connectivity index (χ0v) is 11.3. The molecule has 0 unspecified atom stereocenters. The number of halogens is 4. The van der Waals surface area contributed by atoms with E-state index in [1.54, 1.807) is 30.3 Å². The number of amides is 1. The van der Waals surface area contributed by atoms with Crippen molar-refractivity contribution in [2.75, 3.05) is 5.43 Å². The number of anilines is 1. The van der Waals surface area contributed by atoms with Gasteiger partial charge in [-0.15, -0.1) is 0 Å². The Morgan fingerprint density at radius 1 is 1.05 bits per heavy atom. The summed E-state index contributed by atoms with van der Waals surface area (Å²) in [5.74, 6) is -0.755. The third-order valence-corrected chi connectivity index (χ3v) is 2.96. The molecule has 0 atom stereocenters. The summed E-state index contributed by atoms with van der Waals surface area (Å²) < 4.78 is 37.9. The van der Waals surface area contributed by atoms with E-state index >= 15 is 0 Å². The second-order valence-electron chi connectivity index (χ2n) is 4.14. The molecule has 0 saturated carbocycles. The van der Waals surface area contributed by atoms with Crippen molar-refractivity contribution in [1.82, 2.24) is 5.43 Å². The highest BCUT2D eigenvalue weighted by atomic mass is 35.5. The molecule has 0 heterocycles. The van der Waals surface area contributed by atoms with E-state index in [-0.39, 0.29) is 10.6 Å². The fourth-order valence-electron chi connectivity index (χ4n) is 1.59. The van der Waals surface area contributed by atoms with E-state index in [0.29, 0.717) is 11.8 Å². The van der Waals surface area contributed by atoms with Crippen molar-refractivity contribution in [3.63, 3.8) is 0 Å². The summed E-state index contributed by atoms with van der Waals surface area (Å²) in [6.07, 6.45) is -4.54. The molecule has 0 aliphatic rings. The average Bonchev–Trinajstić information content (AvgIpc) is 2.45. The lowest BCUT2D eigenvalue weighted by Crippen LogP contribution is -2.29. The minimum atomic E-state index is -4.54. The zero-order valence-electron chi connectivity index (χ0n) is 10.5. The van der Waals surface area contributed by atoms with Gasteiger partial charge in [-0.2, -0.15) is 13.2 Å². The predicted octanol–water partition coefficient (Wildman–Crippen LogP) is 4.12. The largest absolute Gasteiger partial charge is 0.416 e. The molecule has 0 saturated heterocycles. The summed E-state index contributed by atoms with van der Waals surface area (Å²) in [6, 6.07) is 11.2. The van der Waals surface area contributed by atoms with Gasteiger partial charge in [-0.25, -0.2) is 0 Å². The molecule has 0 spiro atoms. The molecule has 2 aromatic rings. The van der Waals surface area contributed by atoms with Crippen LogP contribution in [-0.2, 0) is 6.18 Å². The van der Waals surface area contributed by atoms with E-state index < -0.39 is 17.6 Å². The second-order valence-corrected chi connectivity index (χ2v) is 4.54. The molecular weight excluding hydrogens is 305 g/mol. The van der Waals surface area contributed by atoms with E-state index in [1.807, 2.05) is 0 Å². The predicted molar refractivity (Wildman–Crippen MR) is 74.0 cm³/mol. The second kappa shape index (κ2) is 6.05. The Hall–Kier alpha value is -2.21. The monoisotopic (exact) mass is 314 g/mol. The molecule has 1 amide bonds. The molecule has 0 radical (unpaired) electrons. The number of nitrogens with one attached hydrogen (secondary N) is 2. The molecule has 0 aliphatic carbocycles. The fraction of sp³-hybridized carbons (Fsp3) is 0.0714. The molecule has 3 nitrogen and oxygen atoms in total. The molecule has 0 aliphatic heterocycles. The Morgan fingerprint density at radius 3 is 2.33 bits per heavy atom. The highest BCUT2D eigenvalue weighted by Crippen LogP contribution is 2.31. The number of benzene rings is 2. The maximum absolute atomic E-state index is 12.6. The Labute approximate surface area is 123 Å². The van der Waals surface area contributed by atoms with Crippen molar-refractivity contribution in [2.45, 2.75) is 6.18 Å². The quantitative estimate of drug-likeness (QED) is 0.837. The SMILES string of the molecule is O=C(NNc1ccccc1)c1cc(C(F)(F)F)ccc1Cl. The van der Waals surface area contributed by atoms with Gasteiger partial charge in [0.15, 0.2) is 0 Å². The van der Waals surface area contributed by atoms with Crippen molar-refractivity contribution in [3.8, 4) is 0 Å². The first-order valence-electron chi connectivity index (χ1n) is 5.86. The van der Waals surface area contributed by atoms with Crippen LogP contribution in [0.3, 0.4) is 0 Å². The number of alkyl halides is 3. The molecule has 0 aromatic heterocycles. The number of hydrogen-bond donors (Lipinski definition) is 2. The molecule has 2 rings (SSSR count). The van der Waals surface area contributed by atoms with Gasteiger partial charge in [0, 0.05) is 0 Å². The topological polar surface area (TPSA) is 41.1 Å². The highest BCUT2D eigenvalue weighted by molar-refractivity contribution is 6.33. The summed E-state index contributed by atoms with van der Waals surface area (Å²) in [5.41, 5.74) is 4.29. The van der Waals surface area contributed by atoms with Gasteiger partial charge in [0.1, 0.15) is 0 Å². The Kier molecular flexibility index (Phi) is 4.37. The number of para-hydroxylation sites is 1. The van der Waals surface area contributed by atoms with Gasteiger partial charge in [-0.1, -0.05) is 29.8 Å². The Morgan fingerprint density at radius 2 is 1.71 bits per heavy atom. The van der Waals surface area contributed by atoms with Crippen molar-refractivity contribution < 1.29 is 18.0 Å². The zero-order chi connectivity index (χ0) is 15.5. The molecule has 2 N–H and O–H groups in total. The molecule has 0 bridgehead atoms. The molecule has 7 heteroatoms. The average molecular weight is 315 g/mol. The van der Waals surface area contributed by atoms with Gasteiger partial charge in [0.2, 0.25) is 0 Å². The van der Waals surface area contributed by atoms with Crippen molar-refractivity contribution in [2.24, 2.45) is 0 Å². The number of hydrazine groups is 1. The van der Waals surface area contributed by atoms with Gasteiger partial charge < -0.3 is 0 Å². The van der Waals surface area contributed by atoms with Gasteiger partial charge in [-0.05, 0) is 30.3 Å². The standard InChI is InChI=1S/C14H10ClF3N2O/c15-12-7-6-9(14(16,17)18)8-11(12)13(21)20-19-10-4-2-1-3-5-10/h1-8,19H,(H,20,21).